The molecule has 33 heavy (non-hydrogen) atoms. The van der Waals surface area contributed by atoms with Crippen molar-refractivity contribution in [1.82, 2.24) is 9.80 Å². The molecule has 2 aliphatic rings. The Kier molecular flexibility index (Phi) is 7.16. The van der Waals surface area contributed by atoms with Gasteiger partial charge in [0.2, 0.25) is 0 Å². The number of esters is 1. The van der Waals surface area contributed by atoms with Crippen LogP contribution >= 0.6 is 0 Å². The number of piperidine rings is 1. The van der Waals surface area contributed by atoms with Gasteiger partial charge in [-0.15, -0.1) is 0 Å². The van der Waals surface area contributed by atoms with Gasteiger partial charge in [0.1, 0.15) is 11.4 Å². The van der Waals surface area contributed by atoms with Crippen LogP contribution in [0.2, 0.25) is 0 Å². The molecular formula is C23H31F3N2O5. The number of alkyl halides is 3. The molecule has 0 bridgehead atoms. The average molecular weight is 473 g/mol. The molecule has 1 aromatic rings. The molecule has 0 saturated carbocycles. The molecule has 2 aliphatic heterocycles. The van der Waals surface area contributed by atoms with Gasteiger partial charge < -0.3 is 19.5 Å². The second-order valence-corrected chi connectivity index (χ2v) is 9.71. The summed E-state index contributed by atoms with van der Waals surface area (Å²) in [7, 11) is 0. The van der Waals surface area contributed by atoms with Gasteiger partial charge in [-0.1, -0.05) is 6.07 Å². The highest BCUT2D eigenvalue weighted by Crippen LogP contribution is 2.41. The summed E-state index contributed by atoms with van der Waals surface area (Å²) < 4.78 is 50.6. The number of likely N-dealkylation sites (tertiary alicyclic amines) is 2. The Morgan fingerprint density at radius 1 is 1.09 bits per heavy atom. The van der Waals surface area contributed by atoms with Crippen LogP contribution in [-0.4, -0.2) is 64.4 Å². The fourth-order valence-electron chi connectivity index (χ4n) is 4.63. The maximum atomic E-state index is 13.3. The van der Waals surface area contributed by atoms with Crippen molar-refractivity contribution in [3.05, 3.63) is 29.3 Å². The number of amides is 1. The molecule has 0 aromatic heterocycles. The predicted octanol–water partition coefficient (Wildman–Crippen LogP) is 4.53. The van der Waals surface area contributed by atoms with E-state index >= 15 is 0 Å². The number of nitrogens with zero attached hydrogens (tertiary/aromatic N) is 2. The molecule has 7 nitrogen and oxygen atoms in total. The first-order valence-electron chi connectivity index (χ1n) is 11.1. The lowest BCUT2D eigenvalue weighted by Crippen LogP contribution is -2.52. The van der Waals surface area contributed by atoms with Gasteiger partial charge >= 0.3 is 18.2 Å². The normalized spacial score (nSPS) is 19.0. The molecule has 3 rings (SSSR count). The molecule has 2 fully saturated rings. The third-order valence-electron chi connectivity index (χ3n) is 6.23. The number of hydrogen-bond donors (Lipinski definition) is 1. The zero-order valence-corrected chi connectivity index (χ0v) is 19.2. The number of rotatable bonds is 5. The summed E-state index contributed by atoms with van der Waals surface area (Å²) in [6.45, 7) is 6.58. The van der Waals surface area contributed by atoms with E-state index in [1.165, 1.54) is 11.0 Å². The van der Waals surface area contributed by atoms with E-state index in [0.29, 0.717) is 38.0 Å². The molecule has 1 N–H and O–H groups in total. The van der Waals surface area contributed by atoms with E-state index in [0.717, 1.165) is 31.5 Å². The third-order valence-corrected chi connectivity index (χ3v) is 6.23. The average Bonchev–Trinajstić information content (AvgIpc) is 3.07. The first kappa shape index (κ1) is 25.1. The van der Waals surface area contributed by atoms with Gasteiger partial charge in [0.05, 0.1) is 5.56 Å². The molecule has 0 atom stereocenters. The molecule has 1 amide bonds. The minimum absolute atomic E-state index is 0.000654. The summed E-state index contributed by atoms with van der Waals surface area (Å²) in [6.07, 6.45) is -2.28. The van der Waals surface area contributed by atoms with Crippen molar-refractivity contribution >= 4 is 12.1 Å². The second kappa shape index (κ2) is 9.40. The summed E-state index contributed by atoms with van der Waals surface area (Å²) in [5.41, 5.74) is -1.22. The topological polar surface area (TPSA) is 79.3 Å². The number of carbonyl (C=O) groups excluding carboxylic acids is 1. The molecular weight excluding hydrogens is 441 g/mol. The predicted molar refractivity (Wildman–Crippen MR) is 114 cm³/mol. The van der Waals surface area contributed by atoms with Crippen molar-refractivity contribution in [2.24, 2.45) is 0 Å². The Balaban J connectivity index is 1.78. The van der Waals surface area contributed by atoms with Gasteiger partial charge in [0, 0.05) is 30.7 Å². The van der Waals surface area contributed by atoms with E-state index < -0.39 is 36.0 Å². The van der Waals surface area contributed by atoms with Crippen LogP contribution in [0, 0.1) is 0 Å². The monoisotopic (exact) mass is 472 g/mol. The first-order chi connectivity index (χ1) is 15.3. The lowest BCUT2D eigenvalue weighted by molar-refractivity contribution is -0.157. The highest BCUT2D eigenvalue weighted by Gasteiger charge is 2.44. The zero-order chi connectivity index (χ0) is 24.4. The lowest BCUT2D eigenvalue weighted by Gasteiger charge is -2.44. The molecule has 0 unspecified atom stereocenters. The lowest BCUT2D eigenvalue weighted by atomic mass is 9.85. The summed E-state index contributed by atoms with van der Waals surface area (Å²) in [5.74, 6) is -0.662. The Bertz CT molecular complexity index is 874. The fourth-order valence-corrected chi connectivity index (χ4v) is 4.63. The molecule has 0 radical (unpaired) electrons. The number of ether oxygens (including phenoxy) is 2. The molecule has 2 saturated heterocycles. The van der Waals surface area contributed by atoms with Crippen LogP contribution in [0.25, 0.3) is 0 Å². The number of carbonyl (C=O) groups is 2. The maximum absolute atomic E-state index is 13.3. The summed E-state index contributed by atoms with van der Waals surface area (Å²) >= 11 is 0. The number of benzene rings is 1. The quantitative estimate of drug-likeness (QED) is 0.635. The second-order valence-electron chi connectivity index (χ2n) is 9.71. The smallest absolute Gasteiger partial charge is 0.416 e. The highest BCUT2D eigenvalue weighted by molar-refractivity contribution is 5.71. The van der Waals surface area contributed by atoms with E-state index in [-0.39, 0.29) is 11.3 Å². The highest BCUT2D eigenvalue weighted by atomic mass is 19.4. The van der Waals surface area contributed by atoms with Gasteiger partial charge in [-0.3, -0.25) is 4.90 Å². The first-order valence-corrected chi connectivity index (χ1v) is 11.1. The van der Waals surface area contributed by atoms with Gasteiger partial charge in [-0.25, -0.2) is 9.59 Å². The number of halogens is 3. The largest absolute Gasteiger partial charge is 0.482 e. The summed E-state index contributed by atoms with van der Waals surface area (Å²) in [5, 5.41) is 9.24. The maximum Gasteiger partial charge on any atom is 0.416 e. The molecule has 1 aromatic carbocycles. The summed E-state index contributed by atoms with van der Waals surface area (Å²) in [6, 6.07) is 3.34. The van der Waals surface area contributed by atoms with Crippen molar-refractivity contribution in [3.63, 3.8) is 0 Å². The van der Waals surface area contributed by atoms with E-state index in [2.05, 4.69) is 4.90 Å². The van der Waals surface area contributed by atoms with Crippen LogP contribution in [0.15, 0.2) is 18.2 Å². The van der Waals surface area contributed by atoms with Crippen LogP contribution in [0.5, 0.6) is 5.75 Å². The molecule has 0 aliphatic carbocycles. The Morgan fingerprint density at radius 3 is 2.33 bits per heavy atom. The van der Waals surface area contributed by atoms with E-state index in [1.807, 2.05) is 0 Å². The van der Waals surface area contributed by atoms with Gasteiger partial charge in [0.25, 0.3) is 0 Å². The van der Waals surface area contributed by atoms with E-state index in [1.54, 1.807) is 20.8 Å². The van der Waals surface area contributed by atoms with Crippen molar-refractivity contribution in [2.75, 3.05) is 26.2 Å². The van der Waals surface area contributed by atoms with Crippen molar-refractivity contribution in [1.29, 1.82) is 0 Å². The van der Waals surface area contributed by atoms with Crippen molar-refractivity contribution in [3.8, 4) is 5.75 Å². The van der Waals surface area contributed by atoms with Crippen molar-refractivity contribution in [2.45, 2.75) is 70.3 Å². The fraction of sp³-hybridized carbons (Fsp3) is 0.652. The van der Waals surface area contributed by atoms with Crippen LogP contribution < -0.4 is 4.74 Å². The van der Waals surface area contributed by atoms with Crippen LogP contribution in [-0.2, 0) is 22.3 Å². The SMILES string of the molecule is CC(C)(C)OC(=O)COc1cc(C(F)(F)F)ccc1CN1CCCC12CCN(C(=O)O)CC2. The summed E-state index contributed by atoms with van der Waals surface area (Å²) in [4.78, 5) is 26.9. The molecule has 184 valence electrons. The minimum Gasteiger partial charge on any atom is -0.482 e. The van der Waals surface area contributed by atoms with Crippen LogP contribution in [0.1, 0.15) is 57.6 Å². The van der Waals surface area contributed by atoms with E-state index in [4.69, 9.17) is 9.47 Å². The Labute approximate surface area is 191 Å². The number of carboxylic acid groups (broad SMARTS) is 1. The molecule has 1 spiro atoms. The minimum atomic E-state index is -4.54. The third kappa shape index (κ3) is 6.31. The van der Waals surface area contributed by atoms with Gasteiger partial charge in [0.15, 0.2) is 6.61 Å². The van der Waals surface area contributed by atoms with E-state index in [9.17, 15) is 27.9 Å². The van der Waals surface area contributed by atoms with Gasteiger partial charge in [-0.05, 0) is 65.1 Å². The molecule has 2 heterocycles. The van der Waals surface area contributed by atoms with Gasteiger partial charge in [-0.2, -0.15) is 13.2 Å². The number of hydrogen-bond acceptors (Lipinski definition) is 5. The molecule has 10 heteroatoms. The standard InChI is InChI=1S/C23H31F3N2O5/c1-21(2,3)33-19(29)15-32-18-13-17(23(24,25)26)6-5-16(18)14-28-10-4-7-22(28)8-11-27(12-9-22)20(30)31/h5-6,13H,4,7-12,14-15H2,1-3H3,(H,30,31). The Hall–Kier alpha value is -2.49. The Morgan fingerprint density at radius 2 is 1.76 bits per heavy atom. The van der Waals surface area contributed by atoms with Crippen LogP contribution in [0.4, 0.5) is 18.0 Å². The zero-order valence-electron chi connectivity index (χ0n) is 19.2. The van der Waals surface area contributed by atoms with Crippen LogP contribution in [0.3, 0.4) is 0 Å². The van der Waals surface area contributed by atoms with Crippen molar-refractivity contribution < 1.29 is 37.3 Å².